The maximum atomic E-state index is 5.51. The first-order chi connectivity index (χ1) is 3.85. The largest absolute Gasteiger partial charge is 0.331 e. The van der Waals surface area contributed by atoms with E-state index in [9.17, 15) is 0 Å². The molecular formula is C4H13ClN2Si. The molecule has 0 atom stereocenters. The second kappa shape index (κ2) is 5.56. The minimum Gasteiger partial charge on any atom is -0.331 e. The third kappa shape index (κ3) is 3.43. The summed E-state index contributed by atoms with van der Waals surface area (Å²) < 4.78 is 0. The molecule has 0 amide bonds. The van der Waals surface area contributed by atoms with Gasteiger partial charge in [-0.15, -0.1) is 11.6 Å². The van der Waals surface area contributed by atoms with Crippen LogP contribution in [0.5, 0.6) is 0 Å². The fraction of sp³-hybridized carbons (Fsp3) is 1.00. The predicted molar refractivity (Wildman–Crippen MR) is 40.8 cm³/mol. The van der Waals surface area contributed by atoms with Crippen LogP contribution in [0.3, 0.4) is 0 Å². The number of rotatable bonds is 4. The summed E-state index contributed by atoms with van der Waals surface area (Å²) in [6, 6.07) is 1.11. The van der Waals surface area contributed by atoms with Gasteiger partial charge in [0, 0.05) is 5.88 Å². The number of nitrogens with one attached hydrogen (secondary N) is 2. The van der Waals surface area contributed by atoms with Crippen LogP contribution in [-0.4, -0.2) is 29.1 Å². The van der Waals surface area contributed by atoms with Crippen LogP contribution < -0.4 is 9.96 Å². The zero-order valence-electron chi connectivity index (χ0n) is 5.37. The van der Waals surface area contributed by atoms with Crippen molar-refractivity contribution < 1.29 is 0 Å². The molecule has 0 bridgehead atoms. The van der Waals surface area contributed by atoms with Crippen molar-refractivity contribution in [3.05, 3.63) is 0 Å². The molecule has 2 nitrogen and oxygen atoms in total. The van der Waals surface area contributed by atoms with Crippen molar-refractivity contribution >= 4 is 20.7 Å². The highest BCUT2D eigenvalue weighted by atomic mass is 35.5. The molecule has 0 aliphatic rings. The van der Waals surface area contributed by atoms with Gasteiger partial charge in [0.1, 0.15) is 0 Å². The smallest absolute Gasteiger partial charge is 0.185 e. The van der Waals surface area contributed by atoms with E-state index in [-0.39, 0.29) is 0 Å². The molecule has 0 saturated carbocycles. The summed E-state index contributed by atoms with van der Waals surface area (Å²) in [5.41, 5.74) is 0. The molecule has 0 unspecified atom stereocenters. The van der Waals surface area contributed by atoms with Crippen molar-refractivity contribution in [2.75, 3.05) is 20.0 Å². The van der Waals surface area contributed by atoms with Gasteiger partial charge in [0.25, 0.3) is 0 Å². The van der Waals surface area contributed by atoms with Crippen LogP contribution in [-0.2, 0) is 0 Å². The predicted octanol–water partition coefficient (Wildman–Crippen LogP) is -0.116. The highest BCUT2D eigenvalue weighted by molar-refractivity contribution is 6.54. The molecule has 0 rings (SSSR count). The van der Waals surface area contributed by atoms with Crippen molar-refractivity contribution in [3.8, 4) is 0 Å². The topological polar surface area (TPSA) is 24.1 Å². The Morgan fingerprint density at radius 1 is 1.38 bits per heavy atom. The molecule has 4 heteroatoms. The lowest BCUT2D eigenvalue weighted by atomic mass is 11.0. The van der Waals surface area contributed by atoms with Crippen LogP contribution in [0.25, 0.3) is 0 Å². The van der Waals surface area contributed by atoms with Crippen molar-refractivity contribution in [1.82, 2.24) is 9.96 Å². The minimum atomic E-state index is -0.824. The van der Waals surface area contributed by atoms with E-state index in [0.717, 1.165) is 11.9 Å². The molecule has 0 fully saturated rings. The molecule has 0 aromatic heterocycles. The van der Waals surface area contributed by atoms with Gasteiger partial charge in [-0.25, -0.2) is 0 Å². The minimum absolute atomic E-state index is 0.762. The van der Waals surface area contributed by atoms with Crippen LogP contribution in [0.15, 0.2) is 0 Å². The van der Waals surface area contributed by atoms with E-state index < -0.39 is 9.12 Å². The molecule has 2 N–H and O–H groups in total. The van der Waals surface area contributed by atoms with Crippen LogP contribution in [0.2, 0.25) is 6.04 Å². The maximum Gasteiger partial charge on any atom is 0.185 e. The highest BCUT2D eigenvalue weighted by Crippen LogP contribution is 1.85. The Labute approximate surface area is 57.4 Å². The molecule has 0 aromatic rings. The molecule has 0 saturated heterocycles. The zero-order valence-corrected chi connectivity index (χ0v) is 7.28. The van der Waals surface area contributed by atoms with Gasteiger partial charge < -0.3 is 9.96 Å². The quantitative estimate of drug-likeness (QED) is 0.434. The van der Waals surface area contributed by atoms with Crippen LogP contribution in [0.4, 0.5) is 0 Å². The van der Waals surface area contributed by atoms with Crippen molar-refractivity contribution in [1.29, 1.82) is 0 Å². The summed E-state index contributed by atoms with van der Waals surface area (Å²) in [5, 5.41) is 0. The summed E-state index contributed by atoms with van der Waals surface area (Å²) in [6.07, 6.45) is 0. The zero-order chi connectivity index (χ0) is 6.41. The number of hydrogen-bond acceptors (Lipinski definition) is 2. The third-order valence-corrected chi connectivity index (χ3v) is 3.94. The summed E-state index contributed by atoms with van der Waals surface area (Å²) in [7, 11) is 3.12. The third-order valence-electron chi connectivity index (χ3n) is 1.09. The Morgan fingerprint density at radius 2 is 1.88 bits per heavy atom. The summed E-state index contributed by atoms with van der Waals surface area (Å²) in [6.45, 7) is 0. The summed E-state index contributed by atoms with van der Waals surface area (Å²) >= 11 is 5.51. The van der Waals surface area contributed by atoms with E-state index >= 15 is 0 Å². The Balaban J connectivity index is 3.07. The molecule has 8 heavy (non-hydrogen) atoms. The molecule has 0 heterocycles. The van der Waals surface area contributed by atoms with Gasteiger partial charge in [-0.2, -0.15) is 0 Å². The van der Waals surface area contributed by atoms with E-state index in [2.05, 4.69) is 9.96 Å². The average molecular weight is 153 g/mol. The Bertz CT molecular complexity index is 49.3. The van der Waals surface area contributed by atoms with E-state index in [1.165, 1.54) is 0 Å². The summed E-state index contributed by atoms with van der Waals surface area (Å²) in [5.74, 6) is 0.762. The first-order valence-electron chi connectivity index (χ1n) is 2.75. The Hall–Kier alpha value is 0.427. The SMILES string of the molecule is CN[SiH](CCCl)NC. The second-order valence-corrected chi connectivity index (χ2v) is 4.82. The standard InChI is InChI=1S/C4H13ClN2Si/c1-6-8(7-2)4-3-5/h6-8H,3-4H2,1-2H3. The van der Waals surface area contributed by atoms with Crippen LogP contribution in [0, 0.1) is 0 Å². The van der Waals surface area contributed by atoms with E-state index in [4.69, 9.17) is 11.6 Å². The lowest BCUT2D eigenvalue weighted by molar-refractivity contribution is 1.05. The van der Waals surface area contributed by atoms with Crippen molar-refractivity contribution in [2.24, 2.45) is 0 Å². The van der Waals surface area contributed by atoms with Crippen molar-refractivity contribution in [3.63, 3.8) is 0 Å². The van der Waals surface area contributed by atoms with Gasteiger partial charge in [0.05, 0.1) is 0 Å². The molecule has 0 aliphatic heterocycles. The number of halogens is 1. The first-order valence-corrected chi connectivity index (χ1v) is 5.26. The maximum absolute atomic E-state index is 5.51. The van der Waals surface area contributed by atoms with Gasteiger partial charge in [0.2, 0.25) is 0 Å². The van der Waals surface area contributed by atoms with Gasteiger partial charge >= 0.3 is 0 Å². The highest BCUT2D eigenvalue weighted by Gasteiger charge is 2.01. The molecular weight excluding hydrogens is 140 g/mol. The van der Waals surface area contributed by atoms with Crippen LogP contribution >= 0.6 is 11.6 Å². The molecule has 0 spiro atoms. The van der Waals surface area contributed by atoms with Gasteiger partial charge in [0.15, 0.2) is 9.12 Å². The van der Waals surface area contributed by atoms with Crippen molar-refractivity contribution in [2.45, 2.75) is 6.04 Å². The average Bonchev–Trinajstić information content (AvgIpc) is 1.83. The molecule has 0 aromatic carbocycles. The van der Waals surface area contributed by atoms with Crippen LogP contribution in [0.1, 0.15) is 0 Å². The fourth-order valence-corrected chi connectivity index (χ4v) is 2.28. The molecule has 0 aliphatic carbocycles. The number of hydrogen-bond donors (Lipinski definition) is 2. The Kier molecular flexibility index (Phi) is 5.86. The lowest BCUT2D eigenvalue weighted by Crippen LogP contribution is -2.43. The summed E-state index contributed by atoms with van der Waals surface area (Å²) in [4.78, 5) is 6.39. The van der Waals surface area contributed by atoms with E-state index in [1.54, 1.807) is 0 Å². The molecule has 0 radical (unpaired) electrons. The first kappa shape index (κ1) is 8.43. The molecule has 50 valence electrons. The van der Waals surface area contributed by atoms with E-state index in [0.29, 0.717) is 0 Å². The van der Waals surface area contributed by atoms with E-state index in [1.807, 2.05) is 14.1 Å². The number of alkyl halides is 1. The van der Waals surface area contributed by atoms with Gasteiger partial charge in [-0.05, 0) is 20.1 Å². The van der Waals surface area contributed by atoms with Gasteiger partial charge in [-0.1, -0.05) is 0 Å². The lowest BCUT2D eigenvalue weighted by Gasteiger charge is -2.08. The fourth-order valence-electron chi connectivity index (χ4n) is 0.542. The normalized spacial score (nSPS) is 10.5. The monoisotopic (exact) mass is 152 g/mol. The second-order valence-electron chi connectivity index (χ2n) is 1.61. The Morgan fingerprint density at radius 3 is 2.00 bits per heavy atom. The van der Waals surface area contributed by atoms with Gasteiger partial charge in [-0.3, -0.25) is 0 Å².